The first-order chi connectivity index (χ1) is 7.09. The molecular weight excluding hydrogens is 207 g/mol. The van der Waals surface area contributed by atoms with Gasteiger partial charge in [-0.2, -0.15) is 13.2 Å². The lowest BCUT2D eigenvalue weighted by atomic mass is 10.1. The third-order valence-electron chi connectivity index (χ3n) is 1.93. The molecule has 0 saturated heterocycles. The number of nitrogens with zero attached hydrogens (tertiary/aromatic N) is 1. The van der Waals surface area contributed by atoms with Crippen LogP contribution in [0, 0.1) is 0 Å². The molecule has 0 spiro atoms. The first kappa shape index (κ1) is 9.76. The van der Waals surface area contributed by atoms with Gasteiger partial charge < -0.3 is 4.42 Å². The van der Waals surface area contributed by atoms with Crippen LogP contribution in [0.2, 0.25) is 0 Å². The van der Waals surface area contributed by atoms with E-state index in [0.29, 0.717) is 0 Å². The number of rotatable bonds is 1. The second-order valence-corrected chi connectivity index (χ2v) is 2.91. The van der Waals surface area contributed by atoms with E-state index in [-0.39, 0.29) is 11.3 Å². The average Bonchev–Trinajstić information content (AvgIpc) is 2.69. The van der Waals surface area contributed by atoms with Crippen LogP contribution in [0.3, 0.4) is 0 Å². The number of oxazole rings is 1. The third kappa shape index (κ3) is 1.86. The van der Waals surface area contributed by atoms with Crippen molar-refractivity contribution in [3.05, 3.63) is 42.4 Å². The summed E-state index contributed by atoms with van der Waals surface area (Å²) in [6.07, 6.45) is -2.03. The molecule has 0 atom stereocenters. The number of halogens is 3. The minimum atomic E-state index is -4.39. The van der Waals surface area contributed by atoms with Gasteiger partial charge in [0.15, 0.2) is 12.2 Å². The highest BCUT2D eigenvalue weighted by Gasteiger charge is 2.33. The Bertz CT molecular complexity index is 448. The molecule has 1 heterocycles. The van der Waals surface area contributed by atoms with Gasteiger partial charge in [-0.15, -0.1) is 0 Å². The Labute approximate surface area is 83.4 Å². The summed E-state index contributed by atoms with van der Waals surface area (Å²) in [6, 6.07) is 5.22. The Morgan fingerprint density at radius 3 is 2.47 bits per heavy atom. The number of hydrogen-bond acceptors (Lipinski definition) is 2. The van der Waals surface area contributed by atoms with Crippen LogP contribution in [0.25, 0.3) is 11.3 Å². The van der Waals surface area contributed by atoms with Crippen molar-refractivity contribution in [2.45, 2.75) is 6.18 Å². The van der Waals surface area contributed by atoms with Gasteiger partial charge in [0.05, 0.1) is 11.8 Å². The smallest absolute Gasteiger partial charge is 0.417 e. The average molecular weight is 213 g/mol. The van der Waals surface area contributed by atoms with Crippen LogP contribution in [0.15, 0.2) is 41.3 Å². The molecule has 0 amide bonds. The van der Waals surface area contributed by atoms with Crippen molar-refractivity contribution in [3.63, 3.8) is 0 Å². The van der Waals surface area contributed by atoms with Crippen LogP contribution in [-0.2, 0) is 6.18 Å². The van der Waals surface area contributed by atoms with Gasteiger partial charge in [-0.3, -0.25) is 0 Å². The third-order valence-corrected chi connectivity index (χ3v) is 1.93. The van der Waals surface area contributed by atoms with E-state index in [4.69, 9.17) is 4.42 Å². The summed E-state index contributed by atoms with van der Waals surface area (Å²) in [5.41, 5.74) is -0.718. The van der Waals surface area contributed by atoms with Crippen molar-refractivity contribution in [1.82, 2.24) is 4.98 Å². The van der Waals surface area contributed by atoms with Crippen LogP contribution in [-0.4, -0.2) is 4.98 Å². The van der Waals surface area contributed by atoms with Crippen LogP contribution >= 0.6 is 0 Å². The van der Waals surface area contributed by atoms with Gasteiger partial charge in [-0.1, -0.05) is 18.2 Å². The first-order valence-electron chi connectivity index (χ1n) is 4.14. The van der Waals surface area contributed by atoms with Gasteiger partial charge in [-0.25, -0.2) is 4.98 Å². The van der Waals surface area contributed by atoms with E-state index in [2.05, 4.69) is 4.98 Å². The van der Waals surface area contributed by atoms with Crippen LogP contribution < -0.4 is 0 Å². The molecule has 0 aliphatic heterocycles. The monoisotopic (exact) mass is 213 g/mol. The van der Waals surface area contributed by atoms with Crippen molar-refractivity contribution < 1.29 is 17.6 Å². The Morgan fingerprint density at radius 2 is 1.87 bits per heavy atom. The summed E-state index contributed by atoms with van der Waals surface area (Å²) in [5.74, 6) is 0.114. The maximum absolute atomic E-state index is 12.6. The van der Waals surface area contributed by atoms with Gasteiger partial charge in [0.2, 0.25) is 0 Å². The summed E-state index contributed by atoms with van der Waals surface area (Å²) in [6.45, 7) is 0. The zero-order valence-corrected chi connectivity index (χ0v) is 7.45. The Balaban J connectivity index is 2.58. The predicted molar refractivity (Wildman–Crippen MR) is 46.9 cm³/mol. The minimum absolute atomic E-state index is 0.00231. The maximum atomic E-state index is 12.6. The highest BCUT2D eigenvalue weighted by molar-refractivity contribution is 5.61. The zero-order valence-electron chi connectivity index (χ0n) is 7.45. The summed E-state index contributed by atoms with van der Waals surface area (Å²) < 4.78 is 42.6. The molecule has 1 aromatic heterocycles. The van der Waals surface area contributed by atoms with Crippen LogP contribution in [0.5, 0.6) is 0 Å². The quantitative estimate of drug-likeness (QED) is 0.725. The Morgan fingerprint density at radius 1 is 1.13 bits per heavy atom. The molecule has 2 rings (SSSR count). The van der Waals surface area contributed by atoms with Gasteiger partial charge in [0.1, 0.15) is 0 Å². The maximum Gasteiger partial charge on any atom is 0.417 e. The van der Waals surface area contributed by atoms with Crippen molar-refractivity contribution in [2.24, 2.45) is 0 Å². The lowest BCUT2D eigenvalue weighted by Crippen LogP contribution is -2.06. The van der Waals surface area contributed by atoms with Gasteiger partial charge >= 0.3 is 6.18 Å². The molecular formula is C10H6F3NO. The first-order valence-corrected chi connectivity index (χ1v) is 4.14. The largest absolute Gasteiger partial charge is 0.444 e. The molecule has 2 nitrogen and oxygen atoms in total. The number of benzene rings is 1. The SMILES string of the molecule is FC(F)(F)c1ccccc1-c1cnco1. The minimum Gasteiger partial charge on any atom is -0.444 e. The van der Waals surface area contributed by atoms with Crippen molar-refractivity contribution in [3.8, 4) is 11.3 Å². The van der Waals surface area contributed by atoms with E-state index in [0.717, 1.165) is 12.5 Å². The molecule has 0 fully saturated rings. The van der Waals surface area contributed by atoms with E-state index in [1.54, 1.807) is 0 Å². The molecule has 0 radical (unpaired) electrons. The molecule has 0 bridgehead atoms. The zero-order chi connectivity index (χ0) is 10.9. The predicted octanol–water partition coefficient (Wildman–Crippen LogP) is 3.36. The molecule has 15 heavy (non-hydrogen) atoms. The van der Waals surface area contributed by atoms with Crippen LogP contribution in [0.1, 0.15) is 5.56 Å². The lowest BCUT2D eigenvalue weighted by Gasteiger charge is -2.09. The molecule has 78 valence electrons. The lowest BCUT2D eigenvalue weighted by molar-refractivity contribution is -0.137. The van der Waals surface area contributed by atoms with E-state index >= 15 is 0 Å². The second-order valence-electron chi connectivity index (χ2n) is 2.91. The fraction of sp³-hybridized carbons (Fsp3) is 0.100. The molecule has 5 heteroatoms. The molecule has 1 aromatic carbocycles. The summed E-state index contributed by atoms with van der Waals surface area (Å²) in [5, 5.41) is 0. The molecule has 0 saturated carbocycles. The highest BCUT2D eigenvalue weighted by Crippen LogP contribution is 2.36. The molecule has 0 aliphatic rings. The summed E-state index contributed by atoms with van der Waals surface area (Å²) >= 11 is 0. The van der Waals surface area contributed by atoms with Crippen molar-refractivity contribution >= 4 is 0 Å². The molecule has 0 unspecified atom stereocenters. The Hall–Kier alpha value is -1.78. The van der Waals surface area contributed by atoms with E-state index < -0.39 is 11.7 Å². The standard InChI is InChI=1S/C10H6F3NO/c11-10(12,13)8-4-2-1-3-7(8)9-5-14-6-15-9/h1-6H. The van der Waals surface area contributed by atoms with Gasteiger partial charge in [-0.05, 0) is 6.07 Å². The fourth-order valence-electron chi connectivity index (χ4n) is 1.29. The highest BCUT2D eigenvalue weighted by atomic mass is 19.4. The van der Waals surface area contributed by atoms with E-state index in [1.807, 2.05) is 0 Å². The second kappa shape index (κ2) is 3.42. The number of alkyl halides is 3. The fourth-order valence-corrected chi connectivity index (χ4v) is 1.29. The normalized spacial score (nSPS) is 11.7. The summed E-state index contributed by atoms with van der Waals surface area (Å²) in [4.78, 5) is 3.59. The van der Waals surface area contributed by atoms with Gasteiger partial charge in [0.25, 0.3) is 0 Å². The van der Waals surface area contributed by atoms with Crippen LogP contribution in [0.4, 0.5) is 13.2 Å². The Kier molecular flexibility index (Phi) is 2.22. The van der Waals surface area contributed by atoms with Gasteiger partial charge in [0, 0.05) is 5.56 Å². The molecule has 2 aromatic rings. The molecule has 0 aliphatic carbocycles. The topological polar surface area (TPSA) is 26.0 Å². The summed E-state index contributed by atoms with van der Waals surface area (Å²) in [7, 11) is 0. The number of aromatic nitrogens is 1. The molecule has 0 N–H and O–H groups in total. The van der Waals surface area contributed by atoms with E-state index in [1.165, 1.54) is 24.4 Å². The van der Waals surface area contributed by atoms with Crippen molar-refractivity contribution in [2.75, 3.05) is 0 Å². The van der Waals surface area contributed by atoms with E-state index in [9.17, 15) is 13.2 Å². The van der Waals surface area contributed by atoms with Crippen molar-refractivity contribution in [1.29, 1.82) is 0 Å². The number of hydrogen-bond donors (Lipinski definition) is 0.